The van der Waals surface area contributed by atoms with Gasteiger partial charge in [0.1, 0.15) is 11.4 Å². The zero-order valence-electron chi connectivity index (χ0n) is 10.9. The van der Waals surface area contributed by atoms with E-state index in [-0.39, 0.29) is 11.9 Å². The molecule has 0 bridgehead atoms. The Balaban J connectivity index is 2.12. The maximum atomic E-state index is 13.9. The molecular weight excluding hydrogens is 309 g/mol. The largest absolute Gasteiger partial charge is 0.369 e. The molecular formula is C14H17BrFN3. The zero-order chi connectivity index (χ0) is 14.0. The van der Waals surface area contributed by atoms with Crippen molar-refractivity contribution in [3.63, 3.8) is 0 Å². The molecule has 1 aromatic rings. The van der Waals surface area contributed by atoms with E-state index in [1.807, 2.05) is 11.9 Å². The van der Waals surface area contributed by atoms with Crippen LogP contribution in [0.25, 0.3) is 0 Å². The number of benzene rings is 1. The molecule has 0 atom stereocenters. The van der Waals surface area contributed by atoms with Crippen molar-refractivity contribution in [1.82, 2.24) is 0 Å². The second-order valence-corrected chi connectivity index (χ2v) is 6.12. The molecule has 19 heavy (non-hydrogen) atoms. The van der Waals surface area contributed by atoms with Crippen LogP contribution in [-0.2, 0) is 0 Å². The first kappa shape index (κ1) is 14.3. The Morgan fingerprint density at radius 3 is 2.68 bits per heavy atom. The summed E-state index contributed by atoms with van der Waals surface area (Å²) < 4.78 is 14.7. The van der Waals surface area contributed by atoms with Crippen molar-refractivity contribution in [2.45, 2.75) is 37.3 Å². The molecule has 0 amide bonds. The number of halogens is 2. The minimum Gasteiger partial charge on any atom is -0.369 e. The van der Waals surface area contributed by atoms with Gasteiger partial charge in [-0.05, 0) is 43.9 Å². The van der Waals surface area contributed by atoms with Crippen LogP contribution in [0.15, 0.2) is 22.7 Å². The molecule has 0 radical (unpaired) electrons. The summed E-state index contributed by atoms with van der Waals surface area (Å²) in [5.74, 6) is -0.226. The Morgan fingerprint density at radius 1 is 1.47 bits per heavy atom. The monoisotopic (exact) mass is 325 g/mol. The van der Waals surface area contributed by atoms with Crippen LogP contribution < -0.4 is 10.6 Å². The lowest BCUT2D eigenvalue weighted by Gasteiger charge is -2.38. The van der Waals surface area contributed by atoms with Crippen LogP contribution in [0.1, 0.15) is 25.7 Å². The molecule has 0 heterocycles. The number of anilines is 1. The van der Waals surface area contributed by atoms with Crippen molar-refractivity contribution in [2.24, 2.45) is 5.73 Å². The summed E-state index contributed by atoms with van der Waals surface area (Å²) in [6.07, 6.45) is 2.95. The molecule has 1 fully saturated rings. The van der Waals surface area contributed by atoms with E-state index in [4.69, 9.17) is 11.0 Å². The number of nitriles is 1. The van der Waals surface area contributed by atoms with Crippen molar-refractivity contribution < 1.29 is 4.39 Å². The smallest absolute Gasteiger partial charge is 0.146 e. The van der Waals surface area contributed by atoms with Crippen LogP contribution in [-0.4, -0.2) is 18.6 Å². The van der Waals surface area contributed by atoms with E-state index >= 15 is 0 Å². The molecule has 1 aliphatic rings. The minimum atomic E-state index is -0.701. The summed E-state index contributed by atoms with van der Waals surface area (Å²) in [5.41, 5.74) is 5.84. The fourth-order valence-electron chi connectivity index (χ4n) is 2.57. The molecule has 3 nitrogen and oxygen atoms in total. The normalized spacial score (nSPS) is 26.8. The van der Waals surface area contributed by atoms with Crippen LogP contribution in [0, 0.1) is 17.1 Å². The van der Waals surface area contributed by atoms with Gasteiger partial charge in [0.15, 0.2) is 0 Å². The van der Waals surface area contributed by atoms with E-state index in [2.05, 4.69) is 22.0 Å². The quantitative estimate of drug-likeness (QED) is 0.908. The van der Waals surface area contributed by atoms with Gasteiger partial charge in [0.2, 0.25) is 0 Å². The minimum absolute atomic E-state index is 0.226. The van der Waals surface area contributed by atoms with E-state index < -0.39 is 5.54 Å². The molecule has 1 aromatic carbocycles. The third-order valence-electron chi connectivity index (χ3n) is 3.91. The van der Waals surface area contributed by atoms with Gasteiger partial charge in [-0.1, -0.05) is 15.9 Å². The number of hydrogen-bond donors (Lipinski definition) is 1. The molecule has 102 valence electrons. The maximum Gasteiger partial charge on any atom is 0.146 e. The topological polar surface area (TPSA) is 53.0 Å². The number of nitrogens with two attached hydrogens (primary N) is 1. The van der Waals surface area contributed by atoms with Gasteiger partial charge in [-0.15, -0.1) is 0 Å². The highest BCUT2D eigenvalue weighted by atomic mass is 79.9. The van der Waals surface area contributed by atoms with Gasteiger partial charge in [0.25, 0.3) is 0 Å². The van der Waals surface area contributed by atoms with E-state index in [1.165, 1.54) is 6.07 Å². The van der Waals surface area contributed by atoms with Crippen LogP contribution in [0.3, 0.4) is 0 Å². The predicted octanol–water partition coefficient (Wildman–Crippen LogP) is 3.19. The van der Waals surface area contributed by atoms with Gasteiger partial charge in [0.05, 0.1) is 11.8 Å². The van der Waals surface area contributed by atoms with Crippen molar-refractivity contribution >= 4 is 21.6 Å². The summed E-state index contributed by atoms with van der Waals surface area (Å²) in [4.78, 5) is 1.96. The van der Waals surface area contributed by atoms with Crippen molar-refractivity contribution in [3.05, 3.63) is 28.5 Å². The molecule has 0 aromatic heterocycles. The number of nitrogens with zero attached hydrogens (tertiary/aromatic N) is 2. The van der Waals surface area contributed by atoms with Gasteiger partial charge in [-0.25, -0.2) is 4.39 Å². The fourth-order valence-corrected chi connectivity index (χ4v) is 2.92. The lowest BCUT2D eigenvalue weighted by Crippen LogP contribution is -2.47. The lowest BCUT2D eigenvalue weighted by molar-refractivity contribution is 0.326. The Bertz CT molecular complexity index is 504. The number of hydrogen-bond acceptors (Lipinski definition) is 3. The molecule has 5 heteroatoms. The van der Waals surface area contributed by atoms with Crippen molar-refractivity contribution in [2.75, 3.05) is 11.9 Å². The van der Waals surface area contributed by atoms with Crippen LogP contribution in [0.2, 0.25) is 0 Å². The van der Waals surface area contributed by atoms with Gasteiger partial charge < -0.3 is 10.6 Å². The zero-order valence-corrected chi connectivity index (χ0v) is 12.5. The highest BCUT2D eigenvalue weighted by molar-refractivity contribution is 9.10. The van der Waals surface area contributed by atoms with E-state index in [1.54, 1.807) is 12.1 Å². The van der Waals surface area contributed by atoms with Gasteiger partial charge in [-0.3, -0.25) is 0 Å². The van der Waals surface area contributed by atoms with Crippen molar-refractivity contribution in [1.29, 1.82) is 5.26 Å². The molecule has 2 rings (SSSR count). The van der Waals surface area contributed by atoms with Crippen molar-refractivity contribution in [3.8, 4) is 6.07 Å². The molecule has 1 aliphatic carbocycles. The summed E-state index contributed by atoms with van der Waals surface area (Å²) in [6.45, 7) is 0. The Labute approximate surface area is 121 Å². The maximum absolute atomic E-state index is 13.9. The standard InChI is InChI=1S/C14H17BrFN3/c1-19(13-8-10(15)2-3-12(13)16)11-4-6-14(18,9-17)7-5-11/h2-3,8,11H,4-7,18H2,1H3. The van der Waals surface area contributed by atoms with E-state index in [0.717, 1.165) is 17.3 Å². The Kier molecular flexibility index (Phi) is 4.12. The van der Waals surface area contributed by atoms with E-state index in [0.29, 0.717) is 18.5 Å². The third-order valence-corrected chi connectivity index (χ3v) is 4.40. The van der Waals surface area contributed by atoms with Crippen LogP contribution in [0.4, 0.5) is 10.1 Å². The highest BCUT2D eigenvalue weighted by Crippen LogP contribution is 2.32. The molecule has 0 aliphatic heterocycles. The fraction of sp³-hybridized carbons (Fsp3) is 0.500. The highest BCUT2D eigenvalue weighted by Gasteiger charge is 2.33. The molecule has 0 unspecified atom stereocenters. The average molecular weight is 326 g/mol. The van der Waals surface area contributed by atoms with Crippen LogP contribution >= 0.6 is 15.9 Å². The Morgan fingerprint density at radius 2 is 2.11 bits per heavy atom. The van der Waals surface area contributed by atoms with E-state index in [9.17, 15) is 4.39 Å². The lowest BCUT2D eigenvalue weighted by atomic mass is 9.80. The summed E-state index contributed by atoms with van der Waals surface area (Å²) in [7, 11) is 1.89. The molecule has 1 saturated carbocycles. The molecule has 0 spiro atoms. The van der Waals surface area contributed by atoms with Gasteiger partial charge in [-0.2, -0.15) is 5.26 Å². The first-order valence-electron chi connectivity index (χ1n) is 6.33. The summed E-state index contributed by atoms with van der Waals surface area (Å²) in [5, 5.41) is 9.02. The summed E-state index contributed by atoms with van der Waals surface area (Å²) in [6, 6.07) is 7.34. The second kappa shape index (κ2) is 5.48. The summed E-state index contributed by atoms with van der Waals surface area (Å²) >= 11 is 3.36. The van der Waals surface area contributed by atoms with Gasteiger partial charge >= 0.3 is 0 Å². The first-order chi connectivity index (χ1) is 8.95. The van der Waals surface area contributed by atoms with Crippen LogP contribution in [0.5, 0.6) is 0 Å². The SMILES string of the molecule is CN(c1cc(Br)ccc1F)C1CCC(N)(C#N)CC1. The third kappa shape index (κ3) is 3.07. The molecule has 2 N–H and O–H groups in total. The number of rotatable bonds is 2. The second-order valence-electron chi connectivity index (χ2n) is 5.21. The average Bonchev–Trinajstić information content (AvgIpc) is 2.42. The van der Waals surface area contributed by atoms with Gasteiger partial charge in [0, 0.05) is 17.6 Å². The predicted molar refractivity (Wildman–Crippen MR) is 77.3 cm³/mol. The Hall–Kier alpha value is -1.12. The first-order valence-corrected chi connectivity index (χ1v) is 7.12. The molecule has 0 saturated heterocycles.